The summed E-state index contributed by atoms with van der Waals surface area (Å²) in [5.41, 5.74) is 1.91. The van der Waals surface area contributed by atoms with Crippen molar-refractivity contribution in [3.8, 4) is 28.7 Å². The maximum absolute atomic E-state index is 13.7. The quantitative estimate of drug-likeness (QED) is 0.145. The lowest BCUT2D eigenvalue weighted by Gasteiger charge is -2.47. The van der Waals surface area contributed by atoms with Gasteiger partial charge in [0.05, 0.1) is 39.5 Å². The van der Waals surface area contributed by atoms with Crippen molar-refractivity contribution in [1.82, 2.24) is 10.3 Å². The standard InChI is InChI=1S/C37H40N2O14S2/c1-17-46-15-26-34(50-17)30(40)31(41)36(51-26)52-32-20-13-23-22(48-16-49-23)12-19(20)28(29-21(32)14-47-35(29)42)18-10-24(44-2)33(25(11-18)45-3)53-37(43)39-8-9-54-55-27-6-4-5-7-38-27/h4-7,10-13,17,21,26,28-32,34,36,40-41H,8-9,14-16H2,1-3H3,(H,39,43)/t17?,21-,26?,28+,29-,30?,31?,32+,34?,36?/m0/s1. The number of carbonyl (C=O) groups is 2. The molecule has 3 aromatic rings. The number of fused-ring (bicyclic) bond motifs is 4. The van der Waals surface area contributed by atoms with Gasteiger partial charge in [-0.05, 0) is 70.8 Å². The van der Waals surface area contributed by atoms with Gasteiger partial charge in [-0.1, -0.05) is 16.9 Å². The number of aliphatic hydroxyl groups is 2. The van der Waals surface area contributed by atoms with Gasteiger partial charge in [0.1, 0.15) is 29.4 Å². The van der Waals surface area contributed by atoms with Crippen LogP contribution in [0.5, 0.6) is 28.7 Å². The van der Waals surface area contributed by atoms with Crippen molar-refractivity contribution in [3.05, 3.63) is 65.4 Å². The Hall–Kier alpha value is -4.01. The average molecular weight is 801 g/mol. The van der Waals surface area contributed by atoms with E-state index in [1.807, 2.05) is 18.2 Å². The lowest BCUT2D eigenvalue weighted by atomic mass is 9.66. The third-order valence-corrected chi connectivity index (χ3v) is 12.4. The minimum atomic E-state index is -1.47. The van der Waals surface area contributed by atoms with Crippen LogP contribution in [0.1, 0.15) is 35.6 Å². The molecule has 55 heavy (non-hydrogen) atoms. The SMILES string of the molecule is COc1cc([C@@H]2c3cc4c(cc3[C@@H](OC3OC5COC(C)OC5C(O)C3O)[C@H]3COC(=O)[C@H]23)OCO4)cc(OC)c1OC(=O)NCCSSc1ccccn1. The van der Waals surface area contributed by atoms with Crippen molar-refractivity contribution >= 4 is 33.7 Å². The largest absolute Gasteiger partial charge is 0.493 e. The first-order valence-electron chi connectivity index (χ1n) is 17.7. The van der Waals surface area contributed by atoms with Crippen LogP contribution in [0, 0.1) is 11.8 Å². The molecule has 3 fully saturated rings. The molecule has 10 atom stereocenters. The molecule has 5 heterocycles. The zero-order valence-electron chi connectivity index (χ0n) is 30.0. The first kappa shape index (κ1) is 37.9. The Morgan fingerprint density at radius 3 is 2.47 bits per heavy atom. The van der Waals surface area contributed by atoms with Crippen LogP contribution >= 0.6 is 21.6 Å². The topological polar surface area (TPSA) is 192 Å². The number of hydrogen-bond donors (Lipinski definition) is 3. The highest BCUT2D eigenvalue weighted by molar-refractivity contribution is 8.76. The minimum Gasteiger partial charge on any atom is -0.493 e. The van der Waals surface area contributed by atoms with E-state index >= 15 is 0 Å². The average Bonchev–Trinajstić information content (AvgIpc) is 3.82. The molecule has 3 N–H and O–H groups in total. The van der Waals surface area contributed by atoms with Crippen molar-refractivity contribution in [1.29, 1.82) is 0 Å². The van der Waals surface area contributed by atoms with Gasteiger partial charge in [0.25, 0.3) is 0 Å². The van der Waals surface area contributed by atoms with Gasteiger partial charge in [-0.15, -0.1) is 0 Å². The Labute approximate surface area is 323 Å². The Bertz CT molecular complexity index is 1860. The van der Waals surface area contributed by atoms with E-state index in [4.69, 9.17) is 47.4 Å². The highest BCUT2D eigenvalue weighted by Crippen LogP contribution is 2.57. The number of cyclic esters (lactones) is 1. The first-order chi connectivity index (χ1) is 26.7. The van der Waals surface area contributed by atoms with Gasteiger partial charge in [0, 0.05) is 30.3 Å². The second-order valence-corrected chi connectivity index (χ2v) is 15.8. The van der Waals surface area contributed by atoms with E-state index in [-0.39, 0.29) is 37.3 Å². The van der Waals surface area contributed by atoms with Gasteiger partial charge in [-0.25, -0.2) is 9.78 Å². The Morgan fingerprint density at radius 1 is 0.982 bits per heavy atom. The van der Waals surface area contributed by atoms with Crippen LogP contribution in [0.2, 0.25) is 0 Å². The lowest BCUT2D eigenvalue weighted by molar-refractivity contribution is -0.364. The molecule has 1 aromatic heterocycles. The second-order valence-electron chi connectivity index (χ2n) is 13.4. The van der Waals surface area contributed by atoms with Crippen molar-refractivity contribution < 1.29 is 67.2 Å². The van der Waals surface area contributed by atoms with Crippen LogP contribution in [0.15, 0.2) is 53.7 Å². The molecule has 1 amide bonds. The number of hydrogen-bond acceptors (Lipinski definition) is 17. The smallest absolute Gasteiger partial charge is 0.412 e. The van der Waals surface area contributed by atoms with Crippen LogP contribution in [-0.2, 0) is 28.5 Å². The number of esters is 1. The van der Waals surface area contributed by atoms with Crippen molar-refractivity contribution in [3.63, 3.8) is 0 Å². The summed E-state index contributed by atoms with van der Waals surface area (Å²) in [6.45, 7) is 2.16. The van der Waals surface area contributed by atoms with E-state index in [9.17, 15) is 19.8 Å². The molecule has 5 aliphatic rings. The molecule has 1 aliphatic carbocycles. The molecule has 0 spiro atoms. The van der Waals surface area contributed by atoms with Crippen LogP contribution < -0.4 is 29.0 Å². The van der Waals surface area contributed by atoms with E-state index in [1.54, 1.807) is 48.2 Å². The maximum atomic E-state index is 13.7. The van der Waals surface area contributed by atoms with Crippen LogP contribution in [0.25, 0.3) is 0 Å². The molecule has 18 heteroatoms. The van der Waals surface area contributed by atoms with E-state index in [1.165, 1.54) is 25.0 Å². The second kappa shape index (κ2) is 16.2. The van der Waals surface area contributed by atoms with Crippen molar-refractivity contribution in [2.24, 2.45) is 11.8 Å². The number of ether oxygens (including phenoxy) is 10. The molecule has 0 radical (unpaired) electrons. The molecule has 4 aliphatic heterocycles. The predicted octanol–water partition coefficient (Wildman–Crippen LogP) is 3.56. The summed E-state index contributed by atoms with van der Waals surface area (Å²) in [4.78, 5) is 30.9. The fourth-order valence-corrected chi connectivity index (χ4v) is 9.43. The van der Waals surface area contributed by atoms with Gasteiger partial charge in [-0.3, -0.25) is 4.79 Å². The van der Waals surface area contributed by atoms with Gasteiger partial charge in [0.2, 0.25) is 12.5 Å². The summed E-state index contributed by atoms with van der Waals surface area (Å²) in [5.74, 6) is -0.466. The molecule has 2 aromatic carbocycles. The van der Waals surface area contributed by atoms with Crippen LogP contribution in [-0.4, -0.2) is 111 Å². The minimum absolute atomic E-state index is 0.00104. The van der Waals surface area contributed by atoms with Gasteiger partial charge in [-0.2, -0.15) is 0 Å². The van der Waals surface area contributed by atoms with Crippen molar-refractivity contribution in [2.75, 3.05) is 46.5 Å². The van der Waals surface area contributed by atoms with E-state index in [0.717, 1.165) is 5.03 Å². The summed E-state index contributed by atoms with van der Waals surface area (Å²) < 4.78 is 58.4. The fourth-order valence-electron chi connectivity index (χ4n) is 7.64. The van der Waals surface area contributed by atoms with E-state index < -0.39 is 72.9 Å². The summed E-state index contributed by atoms with van der Waals surface area (Å²) in [6, 6.07) is 12.7. The van der Waals surface area contributed by atoms with Crippen LogP contribution in [0.4, 0.5) is 4.79 Å². The number of amides is 1. The third-order valence-electron chi connectivity index (χ3n) is 10.2. The summed E-state index contributed by atoms with van der Waals surface area (Å²) in [6.07, 6.45) is -6.02. The number of rotatable bonds is 11. The maximum Gasteiger partial charge on any atom is 0.412 e. The molecule has 16 nitrogen and oxygen atoms in total. The van der Waals surface area contributed by atoms with Crippen LogP contribution in [0.3, 0.4) is 0 Å². The number of nitrogens with zero attached hydrogens (tertiary/aromatic N) is 1. The Kier molecular flexibility index (Phi) is 11.2. The van der Waals surface area contributed by atoms with Gasteiger partial charge < -0.3 is 62.9 Å². The van der Waals surface area contributed by atoms with E-state index in [0.29, 0.717) is 40.5 Å². The summed E-state index contributed by atoms with van der Waals surface area (Å²) in [7, 11) is 5.93. The molecular weight excluding hydrogens is 761 g/mol. The third kappa shape index (κ3) is 7.49. The number of nitrogens with one attached hydrogen (secondary N) is 1. The zero-order chi connectivity index (χ0) is 38.2. The van der Waals surface area contributed by atoms with Crippen molar-refractivity contribution in [2.45, 2.75) is 61.0 Å². The molecular formula is C37H40N2O14S2. The molecule has 0 saturated carbocycles. The molecule has 8 rings (SSSR count). The Balaban J connectivity index is 1.07. The van der Waals surface area contributed by atoms with E-state index in [2.05, 4.69) is 10.3 Å². The van der Waals surface area contributed by atoms with Gasteiger partial charge in [0.15, 0.2) is 35.6 Å². The van der Waals surface area contributed by atoms with Gasteiger partial charge >= 0.3 is 12.1 Å². The number of aliphatic hydroxyl groups excluding tert-OH is 2. The highest BCUT2D eigenvalue weighted by atomic mass is 33.1. The molecule has 6 unspecified atom stereocenters. The number of carbonyl (C=O) groups excluding carboxylic acids is 2. The zero-order valence-corrected chi connectivity index (χ0v) is 31.6. The predicted molar refractivity (Wildman–Crippen MR) is 193 cm³/mol. The normalized spacial score (nSPS) is 30.4. The Morgan fingerprint density at radius 2 is 1.75 bits per heavy atom. The molecule has 294 valence electrons. The number of benzene rings is 2. The number of methoxy groups -OCH3 is 2. The molecule has 0 bridgehead atoms. The molecule has 3 saturated heterocycles. The monoisotopic (exact) mass is 800 g/mol. The number of pyridine rings is 1. The lowest BCUT2D eigenvalue weighted by Crippen LogP contribution is -2.63. The number of aromatic nitrogens is 1. The highest BCUT2D eigenvalue weighted by Gasteiger charge is 2.56. The fraction of sp³-hybridized carbons (Fsp3) is 0.486. The summed E-state index contributed by atoms with van der Waals surface area (Å²) in [5, 5.41) is 25.9. The summed E-state index contributed by atoms with van der Waals surface area (Å²) >= 11 is 0. The first-order valence-corrected chi connectivity index (χ1v) is 20.0.